The topological polar surface area (TPSA) is 58.6 Å². The van der Waals surface area contributed by atoms with E-state index in [0.717, 1.165) is 6.42 Å². The number of aliphatic carboxylic acids is 1. The van der Waals surface area contributed by atoms with Gasteiger partial charge in [0.2, 0.25) is 0 Å². The van der Waals surface area contributed by atoms with Crippen LogP contribution in [-0.4, -0.2) is 30.3 Å². The van der Waals surface area contributed by atoms with Gasteiger partial charge in [0.1, 0.15) is 11.9 Å². The Morgan fingerprint density at radius 3 is 2.71 bits per heavy atom. The summed E-state index contributed by atoms with van der Waals surface area (Å²) in [5, 5.41) is 12.1. The van der Waals surface area contributed by atoms with E-state index in [0.29, 0.717) is 18.9 Å². The zero-order valence-electron chi connectivity index (χ0n) is 9.23. The summed E-state index contributed by atoms with van der Waals surface area (Å²) in [7, 11) is 0. The van der Waals surface area contributed by atoms with Crippen molar-refractivity contribution in [2.24, 2.45) is 5.92 Å². The molecule has 2 unspecified atom stereocenters. The first kappa shape index (κ1) is 11.9. The predicted molar refractivity (Wildman–Crippen MR) is 60.4 cm³/mol. The van der Waals surface area contributed by atoms with E-state index in [1.165, 1.54) is 24.3 Å². The lowest BCUT2D eigenvalue weighted by Gasteiger charge is -2.20. The highest BCUT2D eigenvalue weighted by molar-refractivity contribution is 5.77. The number of nitrogens with one attached hydrogen (secondary N) is 1. The standard InChI is InChI=1S/C12H14FNO3/c13-9-1-3-10(4-2-9)14-11(12(15)16)8-5-6-17-7-8/h1-4,8,11,14H,5-7H2,(H,15,16). The number of ether oxygens (including phenoxy) is 1. The van der Waals surface area contributed by atoms with Crippen LogP contribution in [0.2, 0.25) is 0 Å². The van der Waals surface area contributed by atoms with Gasteiger partial charge in [0.25, 0.3) is 0 Å². The molecule has 0 aliphatic carbocycles. The molecule has 1 aromatic carbocycles. The largest absolute Gasteiger partial charge is 0.480 e. The third kappa shape index (κ3) is 2.94. The van der Waals surface area contributed by atoms with E-state index >= 15 is 0 Å². The van der Waals surface area contributed by atoms with E-state index in [-0.39, 0.29) is 11.7 Å². The third-order valence-corrected chi connectivity index (χ3v) is 2.87. The molecule has 1 saturated heterocycles. The highest BCUT2D eigenvalue weighted by Gasteiger charge is 2.31. The fourth-order valence-corrected chi connectivity index (χ4v) is 1.92. The first-order chi connectivity index (χ1) is 8.16. The molecule has 4 nitrogen and oxygen atoms in total. The number of halogens is 1. The van der Waals surface area contributed by atoms with Crippen molar-refractivity contribution in [3.63, 3.8) is 0 Å². The molecular weight excluding hydrogens is 225 g/mol. The number of hydrogen-bond donors (Lipinski definition) is 2. The van der Waals surface area contributed by atoms with Gasteiger partial charge in [0, 0.05) is 18.2 Å². The predicted octanol–water partition coefficient (Wildman–Crippen LogP) is 1.73. The SMILES string of the molecule is O=C(O)C(Nc1ccc(F)cc1)C1CCOC1. The maximum atomic E-state index is 12.7. The highest BCUT2D eigenvalue weighted by atomic mass is 19.1. The van der Waals surface area contributed by atoms with Crippen LogP contribution < -0.4 is 5.32 Å². The second-order valence-corrected chi connectivity index (χ2v) is 4.09. The summed E-state index contributed by atoms with van der Waals surface area (Å²) in [5.41, 5.74) is 0.602. The molecule has 1 aromatic rings. The lowest BCUT2D eigenvalue weighted by molar-refractivity contribution is -0.139. The molecule has 1 fully saturated rings. The zero-order chi connectivity index (χ0) is 12.3. The summed E-state index contributed by atoms with van der Waals surface area (Å²) in [4.78, 5) is 11.2. The molecule has 2 N–H and O–H groups in total. The molecule has 0 bridgehead atoms. The van der Waals surface area contributed by atoms with E-state index in [2.05, 4.69) is 5.32 Å². The van der Waals surface area contributed by atoms with Crippen LogP contribution >= 0.6 is 0 Å². The summed E-state index contributed by atoms with van der Waals surface area (Å²) >= 11 is 0. The van der Waals surface area contributed by atoms with Crippen LogP contribution in [0.15, 0.2) is 24.3 Å². The first-order valence-corrected chi connectivity index (χ1v) is 5.49. The Morgan fingerprint density at radius 2 is 2.18 bits per heavy atom. The van der Waals surface area contributed by atoms with Gasteiger partial charge in [-0.15, -0.1) is 0 Å². The molecule has 0 radical (unpaired) electrons. The number of carboxylic acid groups (broad SMARTS) is 1. The van der Waals surface area contributed by atoms with Crippen LogP contribution in [0.3, 0.4) is 0 Å². The lowest BCUT2D eigenvalue weighted by atomic mass is 9.99. The minimum atomic E-state index is -0.912. The van der Waals surface area contributed by atoms with Crippen LogP contribution in [-0.2, 0) is 9.53 Å². The molecule has 0 spiro atoms. The second kappa shape index (κ2) is 5.14. The number of benzene rings is 1. The van der Waals surface area contributed by atoms with Gasteiger partial charge in [-0.1, -0.05) is 0 Å². The number of anilines is 1. The summed E-state index contributed by atoms with van der Waals surface area (Å²) < 4.78 is 17.9. The van der Waals surface area contributed by atoms with Crippen molar-refractivity contribution in [1.29, 1.82) is 0 Å². The minimum Gasteiger partial charge on any atom is -0.480 e. The van der Waals surface area contributed by atoms with Crippen molar-refractivity contribution in [3.8, 4) is 0 Å². The molecule has 0 amide bonds. The fraction of sp³-hybridized carbons (Fsp3) is 0.417. The lowest BCUT2D eigenvalue weighted by Crippen LogP contribution is -2.37. The molecule has 0 saturated carbocycles. The number of carbonyl (C=O) groups is 1. The molecule has 1 aliphatic rings. The van der Waals surface area contributed by atoms with E-state index in [1.807, 2.05) is 0 Å². The van der Waals surface area contributed by atoms with Gasteiger partial charge in [-0.25, -0.2) is 9.18 Å². The maximum Gasteiger partial charge on any atom is 0.326 e. The molecule has 2 atom stereocenters. The van der Waals surface area contributed by atoms with Crippen molar-refractivity contribution in [2.75, 3.05) is 18.5 Å². The van der Waals surface area contributed by atoms with Crippen molar-refractivity contribution >= 4 is 11.7 Å². The molecule has 17 heavy (non-hydrogen) atoms. The van der Waals surface area contributed by atoms with E-state index in [1.54, 1.807) is 0 Å². The van der Waals surface area contributed by atoms with E-state index in [9.17, 15) is 9.18 Å². The average molecular weight is 239 g/mol. The Kier molecular flexibility index (Phi) is 3.58. The molecular formula is C12H14FNO3. The van der Waals surface area contributed by atoms with Gasteiger partial charge in [0.05, 0.1) is 6.61 Å². The molecule has 92 valence electrons. The van der Waals surface area contributed by atoms with Crippen LogP contribution in [0.25, 0.3) is 0 Å². The molecule has 2 rings (SSSR count). The van der Waals surface area contributed by atoms with Crippen LogP contribution in [0.4, 0.5) is 10.1 Å². The van der Waals surface area contributed by atoms with Gasteiger partial charge in [-0.3, -0.25) is 0 Å². The molecule has 5 heteroatoms. The fourth-order valence-electron chi connectivity index (χ4n) is 1.92. The summed E-state index contributed by atoms with van der Waals surface area (Å²) in [5.74, 6) is -1.30. The third-order valence-electron chi connectivity index (χ3n) is 2.87. The van der Waals surface area contributed by atoms with Crippen LogP contribution in [0.5, 0.6) is 0 Å². The van der Waals surface area contributed by atoms with E-state index in [4.69, 9.17) is 9.84 Å². The van der Waals surface area contributed by atoms with Gasteiger partial charge in [0.15, 0.2) is 0 Å². The summed E-state index contributed by atoms with van der Waals surface area (Å²) in [6.45, 7) is 1.05. The Bertz CT molecular complexity index is 387. The van der Waals surface area contributed by atoms with Crippen LogP contribution in [0.1, 0.15) is 6.42 Å². The van der Waals surface area contributed by atoms with Crippen molar-refractivity contribution < 1.29 is 19.0 Å². The van der Waals surface area contributed by atoms with Crippen molar-refractivity contribution in [3.05, 3.63) is 30.1 Å². The molecule has 0 aromatic heterocycles. The van der Waals surface area contributed by atoms with Crippen LogP contribution in [0, 0.1) is 11.7 Å². The normalized spacial score (nSPS) is 21.1. The molecule has 1 heterocycles. The van der Waals surface area contributed by atoms with E-state index < -0.39 is 12.0 Å². The summed E-state index contributed by atoms with van der Waals surface area (Å²) in [6, 6.07) is 4.96. The van der Waals surface area contributed by atoms with Crippen molar-refractivity contribution in [1.82, 2.24) is 0 Å². The molecule has 1 aliphatic heterocycles. The maximum absolute atomic E-state index is 12.7. The minimum absolute atomic E-state index is 0.0439. The van der Waals surface area contributed by atoms with Crippen molar-refractivity contribution in [2.45, 2.75) is 12.5 Å². The first-order valence-electron chi connectivity index (χ1n) is 5.49. The smallest absolute Gasteiger partial charge is 0.326 e. The monoisotopic (exact) mass is 239 g/mol. The Morgan fingerprint density at radius 1 is 1.47 bits per heavy atom. The number of carboxylic acids is 1. The Hall–Kier alpha value is -1.62. The van der Waals surface area contributed by atoms with Gasteiger partial charge in [-0.05, 0) is 30.7 Å². The second-order valence-electron chi connectivity index (χ2n) is 4.09. The number of hydrogen-bond acceptors (Lipinski definition) is 3. The zero-order valence-corrected chi connectivity index (χ0v) is 9.23. The Balaban J connectivity index is 2.06. The van der Waals surface area contributed by atoms with Gasteiger partial charge >= 0.3 is 5.97 Å². The van der Waals surface area contributed by atoms with Gasteiger partial charge in [-0.2, -0.15) is 0 Å². The Labute approximate surface area is 98.4 Å². The number of rotatable bonds is 4. The quantitative estimate of drug-likeness (QED) is 0.840. The van der Waals surface area contributed by atoms with Gasteiger partial charge < -0.3 is 15.2 Å². The highest BCUT2D eigenvalue weighted by Crippen LogP contribution is 2.21. The summed E-state index contributed by atoms with van der Waals surface area (Å²) in [6.07, 6.45) is 0.727. The average Bonchev–Trinajstić information content (AvgIpc) is 2.81.